The summed E-state index contributed by atoms with van der Waals surface area (Å²) in [6.07, 6.45) is 0. The Balaban J connectivity index is 1.42. The number of aliphatic imine (C=N–C) groups is 1. The van der Waals surface area contributed by atoms with Crippen molar-refractivity contribution in [1.29, 1.82) is 0 Å². The van der Waals surface area contributed by atoms with Crippen LogP contribution < -0.4 is 4.74 Å². The van der Waals surface area contributed by atoms with Gasteiger partial charge in [-0.3, -0.25) is 0 Å². The summed E-state index contributed by atoms with van der Waals surface area (Å²) < 4.78 is 21.2. The summed E-state index contributed by atoms with van der Waals surface area (Å²) in [6.45, 7) is 4.40. The number of hydrogen-bond donors (Lipinski definition) is 0. The highest BCUT2D eigenvalue weighted by molar-refractivity contribution is 8.14. The molecule has 7 heteroatoms. The summed E-state index contributed by atoms with van der Waals surface area (Å²) in [5.74, 6) is 1.30. The third kappa shape index (κ3) is 4.41. The molecule has 2 heterocycles. The molecular formula is C26H21ClFN3OS. The Bertz CT molecular complexity index is 1330. The molecule has 0 bridgehead atoms. The Morgan fingerprint density at radius 2 is 1.73 bits per heavy atom. The zero-order valence-corrected chi connectivity index (χ0v) is 19.7. The lowest BCUT2D eigenvalue weighted by atomic mass is 10.0. The topological polar surface area (TPSA) is 39.4 Å². The monoisotopic (exact) mass is 477 g/mol. The van der Waals surface area contributed by atoms with E-state index in [9.17, 15) is 4.39 Å². The maximum absolute atomic E-state index is 13.4. The first-order chi connectivity index (χ1) is 16.0. The van der Waals surface area contributed by atoms with Crippen LogP contribution in [0.5, 0.6) is 5.75 Å². The van der Waals surface area contributed by atoms with Crippen molar-refractivity contribution in [3.05, 3.63) is 106 Å². The number of nitrogens with zero attached hydrogens (tertiary/aromatic N) is 3. The highest BCUT2D eigenvalue weighted by Gasteiger charge is 2.30. The minimum atomic E-state index is -0.276. The summed E-state index contributed by atoms with van der Waals surface area (Å²) in [5.41, 5.74) is 4.85. The fourth-order valence-electron chi connectivity index (χ4n) is 3.86. The standard InChI is InChI=1S/C26H21ClFN3OS/c1-16-24-25(18-7-13-22(14-8-18)32-15-19-5-3-4-6-23(19)27)33-17(2)29-26(24)31(30-16)21-11-9-20(28)10-12-21/h3-14,25H,15H2,1-2H3/t25-/m0/s1. The third-order valence-corrected chi connectivity index (χ3v) is 7.05. The van der Waals surface area contributed by atoms with E-state index in [1.165, 1.54) is 12.1 Å². The van der Waals surface area contributed by atoms with E-state index in [1.807, 2.05) is 50.2 Å². The van der Waals surface area contributed by atoms with E-state index >= 15 is 0 Å². The van der Waals surface area contributed by atoms with Crippen molar-refractivity contribution < 1.29 is 9.13 Å². The van der Waals surface area contributed by atoms with Crippen molar-refractivity contribution in [2.24, 2.45) is 4.99 Å². The first kappa shape index (κ1) is 21.7. The van der Waals surface area contributed by atoms with Crippen LogP contribution >= 0.6 is 23.4 Å². The number of thioether (sulfide) groups is 1. The molecular weight excluding hydrogens is 457 g/mol. The van der Waals surface area contributed by atoms with Gasteiger partial charge in [-0.2, -0.15) is 5.10 Å². The van der Waals surface area contributed by atoms with Crippen LogP contribution in [-0.4, -0.2) is 14.8 Å². The number of benzene rings is 3. The van der Waals surface area contributed by atoms with Crippen LogP contribution in [0.1, 0.15) is 34.6 Å². The Labute approximate surface area is 201 Å². The molecule has 0 saturated heterocycles. The van der Waals surface area contributed by atoms with E-state index in [-0.39, 0.29) is 11.1 Å². The van der Waals surface area contributed by atoms with Crippen molar-refractivity contribution in [2.45, 2.75) is 25.7 Å². The van der Waals surface area contributed by atoms with Gasteiger partial charge in [0.05, 0.1) is 21.7 Å². The van der Waals surface area contributed by atoms with E-state index in [4.69, 9.17) is 26.4 Å². The predicted molar refractivity (Wildman–Crippen MR) is 133 cm³/mol. The smallest absolute Gasteiger partial charge is 0.161 e. The van der Waals surface area contributed by atoms with Crippen LogP contribution in [0.2, 0.25) is 5.02 Å². The average molecular weight is 478 g/mol. The molecule has 5 rings (SSSR count). The van der Waals surface area contributed by atoms with Crippen molar-refractivity contribution >= 4 is 34.2 Å². The quantitative estimate of drug-likeness (QED) is 0.300. The average Bonchev–Trinajstić information content (AvgIpc) is 3.15. The first-order valence-corrected chi connectivity index (χ1v) is 11.8. The van der Waals surface area contributed by atoms with E-state index in [2.05, 4.69) is 12.1 Å². The molecule has 0 aliphatic carbocycles. The normalized spacial score (nSPS) is 15.2. The van der Waals surface area contributed by atoms with Gasteiger partial charge < -0.3 is 4.74 Å². The van der Waals surface area contributed by atoms with Gasteiger partial charge in [-0.1, -0.05) is 53.7 Å². The van der Waals surface area contributed by atoms with Gasteiger partial charge in [0.15, 0.2) is 5.82 Å². The molecule has 0 spiro atoms. The molecule has 3 aromatic carbocycles. The summed E-state index contributed by atoms with van der Waals surface area (Å²) in [5, 5.41) is 6.44. The van der Waals surface area contributed by atoms with Crippen LogP contribution in [-0.2, 0) is 6.61 Å². The zero-order chi connectivity index (χ0) is 22.9. The highest BCUT2D eigenvalue weighted by Crippen LogP contribution is 2.47. The van der Waals surface area contributed by atoms with Crippen molar-refractivity contribution in [3.8, 4) is 11.4 Å². The van der Waals surface area contributed by atoms with Gasteiger partial charge >= 0.3 is 0 Å². The minimum absolute atomic E-state index is 0.0596. The number of aromatic nitrogens is 2. The van der Waals surface area contributed by atoms with Crippen LogP contribution in [0.25, 0.3) is 5.69 Å². The molecule has 33 heavy (non-hydrogen) atoms. The summed E-state index contributed by atoms with van der Waals surface area (Å²) in [6, 6.07) is 22.1. The molecule has 0 amide bonds. The molecule has 1 aliphatic heterocycles. The van der Waals surface area contributed by atoms with Gasteiger partial charge in [-0.05, 0) is 61.9 Å². The zero-order valence-electron chi connectivity index (χ0n) is 18.1. The largest absolute Gasteiger partial charge is 0.489 e. The Morgan fingerprint density at radius 3 is 2.45 bits per heavy atom. The maximum Gasteiger partial charge on any atom is 0.161 e. The van der Waals surface area contributed by atoms with Crippen molar-refractivity contribution in [2.75, 3.05) is 0 Å². The van der Waals surface area contributed by atoms with E-state index in [0.717, 1.165) is 44.7 Å². The van der Waals surface area contributed by atoms with Crippen LogP contribution in [0.15, 0.2) is 77.8 Å². The number of hydrogen-bond acceptors (Lipinski definition) is 4. The number of fused-ring (bicyclic) bond motifs is 1. The maximum atomic E-state index is 13.4. The SMILES string of the molecule is CC1=Nc2c(c(C)nn2-c2ccc(F)cc2)[C@H](c2ccc(OCc3ccccc3Cl)cc2)S1. The Kier molecular flexibility index (Phi) is 5.96. The molecule has 0 saturated carbocycles. The third-order valence-electron chi connectivity index (χ3n) is 5.50. The molecule has 0 N–H and O–H groups in total. The second kappa shape index (κ2) is 9.04. The lowest BCUT2D eigenvalue weighted by Gasteiger charge is -2.22. The number of ether oxygens (including phenoxy) is 1. The Morgan fingerprint density at radius 1 is 1.00 bits per heavy atom. The molecule has 1 aliphatic rings. The van der Waals surface area contributed by atoms with E-state index in [1.54, 1.807) is 28.6 Å². The number of rotatable bonds is 5. The summed E-state index contributed by atoms with van der Waals surface area (Å²) >= 11 is 7.93. The van der Waals surface area contributed by atoms with Gasteiger partial charge in [0.2, 0.25) is 0 Å². The molecule has 0 radical (unpaired) electrons. The molecule has 1 atom stereocenters. The van der Waals surface area contributed by atoms with Gasteiger partial charge in [0.25, 0.3) is 0 Å². The summed E-state index contributed by atoms with van der Waals surface area (Å²) in [7, 11) is 0. The second-order valence-corrected chi connectivity index (χ2v) is 9.49. The highest BCUT2D eigenvalue weighted by atomic mass is 35.5. The number of aryl methyl sites for hydroxylation is 1. The van der Waals surface area contributed by atoms with Crippen LogP contribution in [0.3, 0.4) is 0 Å². The second-order valence-electron chi connectivity index (χ2n) is 7.79. The fourth-order valence-corrected chi connectivity index (χ4v) is 5.22. The molecule has 0 fully saturated rings. The van der Waals surface area contributed by atoms with Crippen molar-refractivity contribution in [1.82, 2.24) is 9.78 Å². The van der Waals surface area contributed by atoms with Crippen LogP contribution in [0.4, 0.5) is 10.2 Å². The van der Waals surface area contributed by atoms with Gasteiger partial charge in [0.1, 0.15) is 18.2 Å². The minimum Gasteiger partial charge on any atom is -0.489 e. The van der Waals surface area contributed by atoms with Gasteiger partial charge in [0, 0.05) is 16.1 Å². The molecule has 1 aromatic heterocycles. The predicted octanol–water partition coefficient (Wildman–Crippen LogP) is 7.44. The number of halogens is 2. The lowest BCUT2D eigenvalue weighted by molar-refractivity contribution is 0.306. The van der Waals surface area contributed by atoms with Crippen molar-refractivity contribution in [3.63, 3.8) is 0 Å². The van der Waals surface area contributed by atoms with Gasteiger partial charge in [-0.25, -0.2) is 14.1 Å². The van der Waals surface area contributed by atoms with Gasteiger partial charge in [-0.15, -0.1) is 0 Å². The molecule has 4 aromatic rings. The summed E-state index contributed by atoms with van der Waals surface area (Å²) in [4.78, 5) is 4.78. The molecule has 0 unspecified atom stereocenters. The fraction of sp³-hybridized carbons (Fsp3) is 0.154. The van der Waals surface area contributed by atoms with E-state index < -0.39 is 0 Å². The van der Waals surface area contributed by atoms with Crippen LogP contribution in [0, 0.1) is 12.7 Å². The molecule has 4 nitrogen and oxygen atoms in total. The molecule has 166 valence electrons. The first-order valence-electron chi connectivity index (χ1n) is 10.5. The lowest BCUT2D eigenvalue weighted by Crippen LogP contribution is -2.06. The Hall–Kier alpha value is -3.09. The van der Waals surface area contributed by atoms with E-state index in [0.29, 0.717) is 11.6 Å².